The van der Waals surface area contributed by atoms with Gasteiger partial charge >= 0.3 is 0 Å². The van der Waals surface area contributed by atoms with Gasteiger partial charge < -0.3 is 9.64 Å². The number of rotatable bonds is 5. The molecule has 0 radical (unpaired) electrons. The molecule has 1 fully saturated rings. The number of hydrogen-bond acceptors (Lipinski definition) is 3. The Morgan fingerprint density at radius 1 is 1.19 bits per heavy atom. The van der Waals surface area contributed by atoms with Gasteiger partial charge in [-0.15, -0.1) is 0 Å². The first-order valence-corrected chi connectivity index (χ1v) is 9.44. The van der Waals surface area contributed by atoms with E-state index < -0.39 is 0 Å². The number of ether oxygens (including phenoxy) is 1. The molecular weight excluding hydrogens is 360 g/mol. The average molecular weight is 381 g/mol. The summed E-state index contributed by atoms with van der Waals surface area (Å²) in [6.07, 6.45) is 2.10. The van der Waals surface area contributed by atoms with E-state index in [1.54, 1.807) is 7.11 Å². The minimum atomic E-state index is 0.0280. The molecular formula is C22H21ClN2O2. The molecule has 1 heterocycles. The molecule has 0 spiro atoms. The van der Waals surface area contributed by atoms with Crippen molar-refractivity contribution in [2.75, 3.05) is 7.11 Å². The number of halogens is 1. The Kier molecular flexibility index (Phi) is 4.75. The Balaban J connectivity index is 1.65. The number of carbonyl (C=O) groups is 1. The van der Waals surface area contributed by atoms with Crippen LogP contribution in [0.4, 0.5) is 0 Å². The average Bonchev–Trinajstić information content (AvgIpc) is 3.51. The van der Waals surface area contributed by atoms with Gasteiger partial charge in [-0.05, 0) is 61.7 Å². The van der Waals surface area contributed by atoms with E-state index in [4.69, 9.17) is 16.3 Å². The third-order valence-electron chi connectivity index (χ3n) is 4.96. The zero-order valence-electron chi connectivity index (χ0n) is 15.4. The van der Waals surface area contributed by atoms with E-state index in [0.29, 0.717) is 23.2 Å². The predicted molar refractivity (Wildman–Crippen MR) is 107 cm³/mol. The van der Waals surface area contributed by atoms with Gasteiger partial charge in [-0.25, -0.2) is 0 Å². The molecule has 3 aromatic rings. The molecule has 0 atom stereocenters. The number of benzene rings is 2. The van der Waals surface area contributed by atoms with Crippen LogP contribution < -0.4 is 4.74 Å². The van der Waals surface area contributed by atoms with Crippen molar-refractivity contribution < 1.29 is 9.53 Å². The van der Waals surface area contributed by atoms with Gasteiger partial charge in [-0.3, -0.25) is 9.78 Å². The summed E-state index contributed by atoms with van der Waals surface area (Å²) in [5.74, 6) is 0.842. The van der Waals surface area contributed by atoms with Crippen LogP contribution in [0.5, 0.6) is 5.75 Å². The Labute approximate surface area is 163 Å². The largest absolute Gasteiger partial charge is 0.497 e. The lowest BCUT2D eigenvalue weighted by atomic mass is 10.1. The van der Waals surface area contributed by atoms with Crippen LogP contribution >= 0.6 is 11.6 Å². The fraction of sp³-hybridized carbons (Fsp3) is 0.273. The molecule has 0 N–H and O–H groups in total. The Morgan fingerprint density at radius 2 is 1.93 bits per heavy atom. The van der Waals surface area contributed by atoms with E-state index >= 15 is 0 Å². The standard InChI is InChI=1S/C22H21ClN2O2/c1-14-20(12-16-11-17(23)5-10-21(16)24-14)22(26)25(18-6-7-18)13-15-3-8-19(27-2)9-4-15/h3-5,8-12,18H,6-7,13H2,1-2H3. The number of nitrogens with zero attached hydrogens (tertiary/aromatic N) is 2. The quantitative estimate of drug-likeness (QED) is 0.624. The molecule has 2 aromatic carbocycles. The van der Waals surface area contributed by atoms with Crippen molar-refractivity contribution in [1.82, 2.24) is 9.88 Å². The lowest BCUT2D eigenvalue weighted by molar-refractivity contribution is 0.0729. The summed E-state index contributed by atoms with van der Waals surface area (Å²) in [6, 6.07) is 15.6. The summed E-state index contributed by atoms with van der Waals surface area (Å²) >= 11 is 6.11. The lowest BCUT2D eigenvalue weighted by Gasteiger charge is -2.23. The number of carbonyl (C=O) groups excluding carboxylic acids is 1. The lowest BCUT2D eigenvalue weighted by Crippen LogP contribution is -2.33. The van der Waals surface area contributed by atoms with Crippen molar-refractivity contribution in [3.63, 3.8) is 0 Å². The maximum Gasteiger partial charge on any atom is 0.256 e. The minimum Gasteiger partial charge on any atom is -0.497 e. The molecule has 1 aliphatic rings. The summed E-state index contributed by atoms with van der Waals surface area (Å²) < 4.78 is 5.22. The van der Waals surface area contributed by atoms with E-state index in [-0.39, 0.29) is 5.91 Å². The maximum absolute atomic E-state index is 13.3. The fourth-order valence-electron chi connectivity index (χ4n) is 3.30. The van der Waals surface area contributed by atoms with Gasteiger partial charge in [0.1, 0.15) is 5.75 Å². The second kappa shape index (κ2) is 7.20. The Morgan fingerprint density at radius 3 is 2.59 bits per heavy atom. The maximum atomic E-state index is 13.3. The van der Waals surface area contributed by atoms with Crippen LogP contribution in [0.1, 0.15) is 34.5 Å². The number of hydrogen-bond donors (Lipinski definition) is 0. The number of aromatic nitrogens is 1. The van der Waals surface area contributed by atoms with Crippen LogP contribution in [-0.2, 0) is 6.54 Å². The van der Waals surface area contributed by atoms with Gasteiger partial charge in [0, 0.05) is 23.0 Å². The smallest absolute Gasteiger partial charge is 0.256 e. The van der Waals surface area contributed by atoms with E-state index in [0.717, 1.165) is 40.8 Å². The van der Waals surface area contributed by atoms with Crippen molar-refractivity contribution >= 4 is 28.4 Å². The van der Waals surface area contributed by atoms with Crippen LogP contribution in [0.15, 0.2) is 48.5 Å². The van der Waals surface area contributed by atoms with Crippen LogP contribution in [0.2, 0.25) is 5.02 Å². The zero-order valence-corrected chi connectivity index (χ0v) is 16.2. The van der Waals surface area contributed by atoms with Gasteiger partial charge in [0.15, 0.2) is 0 Å². The molecule has 27 heavy (non-hydrogen) atoms. The van der Waals surface area contributed by atoms with Crippen LogP contribution in [0.25, 0.3) is 10.9 Å². The summed E-state index contributed by atoms with van der Waals surface area (Å²) in [6.45, 7) is 2.47. The first kappa shape index (κ1) is 17.8. The fourth-order valence-corrected chi connectivity index (χ4v) is 3.48. The highest BCUT2D eigenvalue weighted by molar-refractivity contribution is 6.31. The molecule has 4 nitrogen and oxygen atoms in total. The van der Waals surface area contributed by atoms with Gasteiger partial charge in [0.05, 0.1) is 23.9 Å². The topological polar surface area (TPSA) is 42.4 Å². The third-order valence-corrected chi connectivity index (χ3v) is 5.19. The molecule has 1 saturated carbocycles. The summed E-state index contributed by atoms with van der Waals surface area (Å²) in [4.78, 5) is 19.9. The second-order valence-electron chi connectivity index (χ2n) is 6.97. The van der Waals surface area contributed by atoms with Crippen LogP contribution in [0.3, 0.4) is 0 Å². The first-order chi connectivity index (χ1) is 13.0. The van der Waals surface area contributed by atoms with Crippen molar-refractivity contribution in [1.29, 1.82) is 0 Å². The molecule has 1 amide bonds. The van der Waals surface area contributed by atoms with Crippen LogP contribution in [-0.4, -0.2) is 28.9 Å². The van der Waals surface area contributed by atoms with E-state index in [2.05, 4.69) is 4.98 Å². The molecule has 138 valence electrons. The molecule has 0 bridgehead atoms. The number of fused-ring (bicyclic) bond motifs is 1. The highest BCUT2D eigenvalue weighted by Gasteiger charge is 2.33. The SMILES string of the molecule is COc1ccc(CN(C(=O)c2cc3cc(Cl)ccc3nc2C)C2CC2)cc1. The molecule has 1 aromatic heterocycles. The van der Waals surface area contributed by atoms with Crippen molar-refractivity contribution in [2.24, 2.45) is 0 Å². The van der Waals surface area contributed by atoms with E-state index in [1.165, 1.54) is 0 Å². The minimum absolute atomic E-state index is 0.0280. The second-order valence-corrected chi connectivity index (χ2v) is 7.41. The Hall–Kier alpha value is -2.59. The number of amides is 1. The molecule has 0 unspecified atom stereocenters. The first-order valence-electron chi connectivity index (χ1n) is 9.06. The number of pyridine rings is 1. The van der Waals surface area contributed by atoms with E-state index in [9.17, 15) is 4.79 Å². The number of methoxy groups -OCH3 is 1. The molecule has 5 heteroatoms. The number of aryl methyl sites for hydroxylation is 1. The summed E-state index contributed by atoms with van der Waals surface area (Å²) in [5, 5.41) is 1.53. The van der Waals surface area contributed by atoms with Gasteiger partial charge in [0.2, 0.25) is 0 Å². The van der Waals surface area contributed by atoms with Gasteiger partial charge in [-0.2, -0.15) is 0 Å². The molecule has 1 aliphatic carbocycles. The zero-order chi connectivity index (χ0) is 19.0. The highest BCUT2D eigenvalue weighted by Crippen LogP contribution is 2.31. The van der Waals surface area contributed by atoms with Gasteiger partial charge in [0.25, 0.3) is 5.91 Å². The molecule has 0 aliphatic heterocycles. The summed E-state index contributed by atoms with van der Waals surface area (Å²) in [7, 11) is 1.65. The van der Waals surface area contributed by atoms with Crippen molar-refractivity contribution in [3.8, 4) is 5.75 Å². The predicted octanol–water partition coefficient (Wildman–Crippen LogP) is 5.01. The van der Waals surface area contributed by atoms with Crippen LogP contribution in [0, 0.1) is 6.92 Å². The highest BCUT2D eigenvalue weighted by atomic mass is 35.5. The van der Waals surface area contributed by atoms with Gasteiger partial charge in [-0.1, -0.05) is 23.7 Å². The molecule has 0 saturated heterocycles. The monoisotopic (exact) mass is 380 g/mol. The normalized spacial score (nSPS) is 13.6. The van der Waals surface area contributed by atoms with Crippen molar-refractivity contribution in [3.05, 3.63) is 70.4 Å². The Bertz CT molecular complexity index is 997. The van der Waals surface area contributed by atoms with Crippen molar-refractivity contribution in [2.45, 2.75) is 32.4 Å². The summed E-state index contributed by atoms with van der Waals surface area (Å²) in [5.41, 5.74) is 3.33. The third kappa shape index (κ3) is 3.76. The molecule has 4 rings (SSSR count). The van der Waals surface area contributed by atoms with E-state index in [1.807, 2.05) is 60.4 Å².